The van der Waals surface area contributed by atoms with E-state index in [1.54, 1.807) is 0 Å². The molecule has 0 saturated heterocycles. The molecular weight excluding hydrogens is 404 g/mol. The van der Waals surface area contributed by atoms with Crippen LogP contribution < -0.4 is 10.7 Å². The van der Waals surface area contributed by atoms with Gasteiger partial charge in [-0.25, -0.2) is 0 Å². The summed E-state index contributed by atoms with van der Waals surface area (Å²) in [6.07, 6.45) is 2.72. The standard InChI is InChI=1S/C25H20N4OS/c26-24-23(31-25(30)27-24)15-17-11-13-20(14-12-17)29-22(19-9-5-2-6-10-19)16-21(28-29)18-7-3-1-4-8-18/h1-15,22H,16H2,(H2,26,27,30). The van der Waals surface area contributed by atoms with Crippen molar-refractivity contribution in [1.82, 2.24) is 0 Å². The molecule has 2 aliphatic rings. The van der Waals surface area contributed by atoms with Crippen LogP contribution in [0.4, 0.5) is 10.5 Å². The molecule has 1 atom stereocenters. The lowest BCUT2D eigenvalue weighted by Gasteiger charge is -2.24. The maximum absolute atomic E-state index is 11.4. The number of hydrogen-bond acceptors (Lipinski definition) is 5. The fourth-order valence-corrected chi connectivity index (χ4v) is 4.47. The van der Waals surface area contributed by atoms with Crippen LogP contribution in [0.5, 0.6) is 0 Å². The molecule has 1 unspecified atom stereocenters. The molecule has 0 saturated carbocycles. The Morgan fingerprint density at radius 1 is 0.935 bits per heavy atom. The minimum Gasteiger partial charge on any atom is -0.383 e. The van der Waals surface area contributed by atoms with Gasteiger partial charge >= 0.3 is 5.24 Å². The maximum Gasteiger partial charge on any atom is 0.311 e. The molecule has 0 radical (unpaired) electrons. The summed E-state index contributed by atoms with van der Waals surface area (Å²) in [6.45, 7) is 0. The number of hydrogen-bond donors (Lipinski definition) is 1. The van der Waals surface area contributed by atoms with Crippen LogP contribution in [0.1, 0.15) is 29.2 Å². The van der Waals surface area contributed by atoms with Crippen LogP contribution in [0.2, 0.25) is 0 Å². The predicted molar refractivity (Wildman–Crippen MR) is 128 cm³/mol. The number of anilines is 1. The molecule has 5 nitrogen and oxygen atoms in total. The SMILES string of the molecule is NC1=NC(=O)SC1=Cc1ccc(N2N=C(c3ccccc3)CC2c2ccccc2)cc1. The number of thioether (sulfide) groups is 1. The molecule has 6 heteroatoms. The summed E-state index contributed by atoms with van der Waals surface area (Å²) in [5.41, 5.74) is 11.2. The summed E-state index contributed by atoms with van der Waals surface area (Å²) in [5.74, 6) is 0.278. The lowest BCUT2D eigenvalue weighted by molar-refractivity contribution is 0.268. The van der Waals surface area contributed by atoms with Gasteiger partial charge in [0.2, 0.25) is 0 Å². The minimum absolute atomic E-state index is 0.131. The van der Waals surface area contributed by atoms with Crippen LogP contribution >= 0.6 is 11.8 Å². The van der Waals surface area contributed by atoms with E-state index in [-0.39, 0.29) is 17.1 Å². The number of carbonyl (C=O) groups excluding carboxylic acids is 1. The molecule has 1 amide bonds. The van der Waals surface area contributed by atoms with Crippen LogP contribution in [-0.2, 0) is 0 Å². The summed E-state index contributed by atoms with van der Waals surface area (Å²) < 4.78 is 0. The summed E-state index contributed by atoms with van der Waals surface area (Å²) in [5, 5.41) is 6.81. The average Bonchev–Trinajstić information content (AvgIpc) is 3.39. The third-order valence-electron chi connectivity index (χ3n) is 5.32. The van der Waals surface area contributed by atoms with Gasteiger partial charge in [-0.3, -0.25) is 9.80 Å². The molecule has 0 aliphatic carbocycles. The van der Waals surface area contributed by atoms with Gasteiger partial charge in [-0.1, -0.05) is 72.8 Å². The number of benzene rings is 3. The summed E-state index contributed by atoms with van der Waals surface area (Å²) in [7, 11) is 0. The van der Waals surface area contributed by atoms with E-state index in [0.29, 0.717) is 4.91 Å². The Kier molecular flexibility index (Phi) is 5.14. The molecule has 0 spiro atoms. The van der Waals surface area contributed by atoms with Crippen molar-refractivity contribution in [3.8, 4) is 0 Å². The first kappa shape index (κ1) is 19.3. The molecule has 2 aliphatic heterocycles. The van der Waals surface area contributed by atoms with E-state index in [0.717, 1.165) is 40.7 Å². The molecule has 2 heterocycles. The maximum atomic E-state index is 11.4. The number of carbonyl (C=O) groups is 1. The molecule has 0 fully saturated rings. The Hall–Kier alpha value is -3.64. The Bertz CT molecular complexity index is 1200. The number of amides is 1. The molecular formula is C25H20N4OS. The number of aliphatic imine (C=N–C) groups is 1. The first-order chi connectivity index (χ1) is 15.2. The first-order valence-corrected chi connectivity index (χ1v) is 10.8. The molecule has 31 heavy (non-hydrogen) atoms. The van der Waals surface area contributed by atoms with Gasteiger partial charge in [0.15, 0.2) is 0 Å². The Labute approximate surface area is 185 Å². The zero-order chi connectivity index (χ0) is 21.2. The first-order valence-electron chi connectivity index (χ1n) is 10.0. The number of rotatable bonds is 4. The van der Waals surface area contributed by atoms with E-state index in [4.69, 9.17) is 10.8 Å². The Morgan fingerprint density at radius 3 is 2.26 bits per heavy atom. The van der Waals surface area contributed by atoms with Crippen molar-refractivity contribution in [1.29, 1.82) is 0 Å². The highest BCUT2D eigenvalue weighted by atomic mass is 32.2. The average molecular weight is 425 g/mol. The van der Waals surface area contributed by atoms with Gasteiger partial charge in [-0.05, 0) is 46.7 Å². The van der Waals surface area contributed by atoms with Gasteiger partial charge in [-0.15, -0.1) is 0 Å². The third kappa shape index (κ3) is 4.02. The van der Waals surface area contributed by atoms with Crippen LogP contribution in [0.15, 0.2) is 99.9 Å². The lowest BCUT2D eigenvalue weighted by Crippen LogP contribution is -2.18. The van der Waals surface area contributed by atoms with E-state index < -0.39 is 0 Å². The second-order valence-electron chi connectivity index (χ2n) is 7.35. The van der Waals surface area contributed by atoms with Gasteiger partial charge in [-0.2, -0.15) is 10.1 Å². The molecule has 152 valence electrons. The number of amidine groups is 1. The Morgan fingerprint density at radius 2 is 1.61 bits per heavy atom. The highest BCUT2D eigenvalue weighted by Crippen LogP contribution is 2.37. The van der Waals surface area contributed by atoms with Crippen molar-refractivity contribution in [3.63, 3.8) is 0 Å². The highest BCUT2D eigenvalue weighted by molar-refractivity contribution is 8.18. The van der Waals surface area contributed by atoms with Crippen molar-refractivity contribution >= 4 is 40.3 Å². The topological polar surface area (TPSA) is 71.0 Å². The Balaban J connectivity index is 1.47. The predicted octanol–water partition coefficient (Wildman–Crippen LogP) is 5.61. The van der Waals surface area contributed by atoms with Crippen LogP contribution in [0.25, 0.3) is 6.08 Å². The van der Waals surface area contributed by atoms with Crippen molar-refractivity contribution < 1.29 is 4.79 Å². The molecule has 0 aromatic heterocycles. The van der Waals surface area contributed by atoms with Gasteiger partial charge in [0.05, 0.1) is 22.3 Å². The van der Waals surface area contributed by atoms with E-state index in [2.05, 4.69) is 58.5 Å². The number of hydrazone groups is 1. The van der Waals surface area contributed by atoms with E-state index in [9.17, 15) is 4.79 Å². The molecule has 2 N–H and O–H groups in total. The zero-order valence-corrected chi connectivity index (χ0v) is 17.5. The second-order valence-corrected chi connectivity index (χ2v) is 8.35. The van der Waals surface area contributed by atoms with Crippen molar-refractivity contribution in [2.24, 2.45) is 15.8 Å². The largest absolute Gasteiger partial charge is 0.383 e. The summed E-state index contributed by atoms with van der Waals surface area (Å²) >= 11 is 1.05. The summed E-state index contributed by atoms with van der Waals surface area (Å²) in [4.78, 5) is 15.9. The molecule has 5 rings (SSSR count). The van der Waals surface area contributed by atoms with Crippen LogP contribution in [-0.4, -0.2) is 16.8 Å². The minimum atomic E-state index is -0.272. The molecule has 3 aromatic carbocycles. The molecule has 3 aromatic rings. The van der Waals surface area contributed by atoms with Gasteiger partial charge in [0.1, 0.15) is 5.84 Å². The lowest BCUT2D eigenvalue weighted by atomic mass is 9.98. The normalized spacial score (nSPS) is 19.6. The number of nitrogens with zero attached hydrogens (tertiary/aromatic N) is 3. The third-order valence-corrected chi connectivity index (χ3v) is 6.13. The second kappa shape index (κ2) is 8.24. The van der Waals surface area contributed by atoms with E-state index in [1.807, 2.05) is 42.5 Å². The summed E-state index contributed by atoms with van der Waals surface area (Å²) in [6, 6.07) is 29.0. The van der Waals surface area contributed by atoms with Gasteiger partial charge in [0.25, 0.3) is 0 Å². The number of nitrogens with two attached hydrogens (primary N) is 1. The van der Waals surface area contributed by atoms with Crippen LogP contribution in [0.3, 0.4) is 0 Å². The molecule has 0 bridgehead atoms. The van der Waals surface area contributed by atoms with E-state index in [1.165, 1.54) is 5.56 Å². The van der Waals surface area contributed by atoms with Gasteiger partial charge in [0, 0.05) is 6.42 Å². The zero-order valence-electron chi connectivity index (χ0n) is 16.7. The van der Waals surface area contributed by atoms with Crippen LogP contribution in [0, 0.1) is 0 Å². The highest BCUT2D eigenvalue weighted by Gasteiger charge is 2.29. The fourth-order valence-electron chi connectivity index (χ4n) is 3.79. The van der Waals surface area contributed by atoms with Crippen molar-refractivity contribution in [3.05, 3.63) is 107 Å². The quantitative estimate of drug-likeness (QED) is 0.591. The monoisotopic (exact) mass is 424 g/mol. The van der Waals surface area contributed by atoms with Crippen molar-refractivity contribution in [2.75, 3.05) is 5.01 Å². The smallest absolute Gasteiger partial charge is 0.311 e. The van der Waals surface area contributed by atoms with Crippen molar-refractivity contribution in [2.45, 2.75) is 12.5 Å². The van der Waals surface area contributed by atoms with E-state index >= 15 is 0 Å². The van der Waals surface area contributed by atoms with Gasteiger partial charge < -0.3 is 5.73 Å². The fraction of sp³-hybridized carbons (Fsp3) is 0.0800.